The number of carbonyl (C=O) groups is 1. The molecular weight excluding hydrogens is 310 g/mol. The van der Waals surface area contributed by atoms with Gasteiger partial charge in [-0.1, -0.05) is 0 Å². The van der Waals surface area contributed by atoms with E-state index in [-0.39, 0.29) is 5.91 Å². The van der Waals surface area contributed by atoms with E-state index in [9.17, 15) is 4.79 Å². The molecule has 0 aliphatic carbocycles. The van der Waals surface area contributed by atoms with Gasteiger partial charge in [0.05, 0.1) is 5.56 Å². The Balaban J connectivity index is 1.66. The number of hydrogen-bond acceptors (Lipinski definition) is 5. The van der Waals surface area contributed by atoms with Gasteiger partial charge in [0, 0.05) is 29.5 Å². The summed E-state index contributed by atoms with van der Waals surface area (Å²) in [6.45, 7) is 1.88. The number of rotatable bonds is 4. The third-order valence-electron chi connectivity index (χ3n) is 3.16. The van der Waals surface area contributed by atoms with Gasteiger partial charge in [0.25, 0.3) is 5.91 Å². The Bertz CT molecular complexity index is 811. The molecule has 7 heteroatoms. The number of nitrogens with zero attached hydrogens (tertiary/aromatic N) is 4. The van der Waals surface area contributed by atoms with Crippen molar-refractivity contribution in [2.75, 3.05) is 5.32 Å². The molecule has 3 rings (SSSR count). The second-order valence-electron chi connectivity index (χ2n) is 4.99. The number of nitrogens with one attached hydrogen (secondary N) is 1. The molecule has 0 unspecified atom stereocenters. The summed E-state index contributed by atoms with van der Waals surface area (Å²) in [6.07, 6.45) is 3.23. The van der Waals surface area contributed by atoms with Crippen LogP contribution in [0.2, 0.25) is 0 Å². The van der Waals surface area contributed by atoms with Crippen molar-refractivity contribution in [3.8, 4) is 0 Å². The first kappa shape index (κ1) is 15.2. The molecule has 0 fully saturated rings. The van der Waals surface area contributed by atoms with Crippen LogP contribution in [0.5, 0.6) is 0 Å². The molecule has 0 aliphatic rings. The molecule has 1 N–H and O–H groups in total. The van der Waals surface area contributed by atoms with E-state index in [4.69, 9.17) is 0 Å². The summed E-state index contributed by atoms with van der Waals surface area (Å²) in [5.41, 5.74) is 2.15. The molecule has 3 aromatic rings. The Morgan fingerprint density at radius 2 is 1.96 bits per heavy atom. The minimum absolute atomic E-state index is 0.175. The fourth-order valence-electron chi connectivity index (χ4n) is 1.88. The van der Waals surface area contributed by atoms with Gasteiger partial charge in [-0.3, -0.25) is 9.78 Å². The summed E-state index contributed by atoms with van der Waals surface area (Å²) in [7, 11) is 1.90. The number of benzene rings is 1. The zero-order chi connectivity index (χ0) is 16.2. The van der Waals surface area contributed by atoms with E-state index >= 15 is 0 Å². The zero-order valence-corrected chi connectivity index (χ0v) is 13.5. The molecule has 2 heterocycles. The summed E-state index contributed by atoms with van der Waals surface area (Å²) in [5, 5.41) is 11.5. The maximum absolute atomic E-state index is 12.1. The largest absolute Gasteiger partial charge is 0.322 e. The highest BCUT2D eigenvalue weighted by atomic mass is 32.2. The summed E-state index contributed by atoms with van der Waals surface area (Å²) < 4.78 is 1.85. The summed E-state index contributed by atoms with van der Waals surface area (Å²) in [4.78, 5) is 17.3. The van der Waals surface area contributed by atoms with Crippen molar-refractivity contribution in [3.63, 3.8) is 0 Å². The maximum atomic E-state index is 12.1. The predicted octanol–water partition coefficient (Wildman–Crippen LogP) is 2.92. The van der Waals surface area contributed by atoms with Gasteiger partial charge in [0.2, 0.25) is 0 Å². The standard InChI is InChI=1S/C16H15N5OS/c1-11-3-4-12(9-17-11)15(22)19-13-5-7-14(8-6-13)23-16-20-18-10-21(16)2/h3-10H,1-2H3,(H,19,22). The average molecular weight is 325 g/mol. The van der Waals surface area contributed by atoms with E-state index in [0.717, 1.165) is 21.4 Å². The average Bonchev–Trinajstić information content (AvgIpc) is 2.95. The van der Waals surface area contributed by atoms with E-state index < -0.39 is 0 Å². The number of pyridine rings is 1. The molecule has 0 bridgehead atoms. The summed E-state index contributed by atoms with van der Waals surface area (Å²) in [5.74, 6) is -0.175. The molecule has 116 valence electrons. The fourth-order valence-corrected chi connectivity index (χ4v) is 2.64. The second-order valence-corrected chi connectivity index (χ2v) is 6.03. The first-order valence-electron chi connectivity index (χ1n) is 6.98. The lowest BCUT2D eigenvalue weighted by molar-refractivity contribution is 0.102. The van der Waals surface area contributed by atoms with Gasteiger partial charge in [-0.2, -0.15) is 0 Å². The first-order valence-corrected chi connectivity index (χ1v) is 7.79. The van der Waals surface area contributed by atoms with Crippen LogP contribution in [-0.4, -0.2) is 25.7 Å². The van der Waals surface area contributed by atoms with Crippen molar-refractivity contribution in [3.05, 3.63) is 60.2 Å². The topological polar surface area (TPSA) is 72.7 Å². The quantitative estimate of drug-likeness (QED) is 0.798. The Morgan fingerprint density at radius 1 is 1.17 bits per heavy atom. The molecule has 0 atom stereocenters. The molecule has 1 aromatic carbocycles. The molecule has 0 spiro atoms. The Morgan fingerprint density at radius 3 is 2.57 bits per heavy atom. The number of amides is 1. The fraction of sp³-hybridized carbons (Fsp3) is 0.125. The highest BCUT2D eigenvalue weighted by Crippen LogP contribution is 2.26. The van der Waals surface area contributed by atoms with Crippen LogP contribution in [0.3, 0.4) is 0 Å². The van der Waals surface area contributed by atoms with Crippen LogP contribution in [0.25, 0.3) is 0 Å². The molecule has 0 saturated heterocycles. The van der Waals surface area contributed by atoms with Gasteiger partial charge in [0.15, 0.2) is 5.16 Å². The number of hydrogen-bond donors (Lipinski definition) is 1. The number of aromatic nitrogens is 4. The van der Waals surface area contributed by atoms with Crippen LogP contribution in [-0.2, 0) is 7.05 Å². The lowest BCUT2D eigenvalue weighted by Gasteiger charge is -2.06. The van der Waals surface area contributed by atoms with E-state index in [1.54, 1.807) is 18.6 Å². The van der Waals surface area contributed by atoms with Crippen LogP contribution in [0.1, 0.15) is 16.1 Å². The van der Waals surface area contributed by atoms with Gasteiger partial charge < -0.3 is 9.88 Å². The normalized spacial score (nSPS) is 10.5. The highest BCUT2D eigenvalue weighted by molar-refractivity contribution is 7.99. The van der Waals surface area contributed by atoms with Gasteiger partial charge in [-0.05, 0) is 55.1 Å². The Hall–Kier alpha value is -2.67. The molecule has 0 radical (unpaired) electrons. The molecule has 0 saturated carbocycles. The van der Waals surface area contributed by atoms with Crippen LogP contribution in [0.15, 0.2) is 59.0 Å². The summed E-state index contributed by atoms with van der Waals surface area (Å²) in [6, 6.07) is 11.2. The van der Waals surface area contributed by atoms with Gasteiger partial charge >= 0.3 is 0 Å². The van der Waals surface area contributed by atoms with E-state index in [1.165, 1.54) is 11.8 Å². The molecule has 1 amide bonds. The van der Waals surface area contributed by atoms with Crippen molar-refractivity contribution in [1.82, 2.24) is 19.7 Å². The lowest BCUT2D eigenvalue weighted by atomic mass is 10.2. The lowest BCUT2D eigenvalue weighted by Crippen LogP contribution is -2.12. The monoisotopic (exact) mass is 325 g/mol. The minimum Gasteiger partial charge on any atom is -0.322 e. The van der Waals surface area contributed by atoms with Crippen LogP contribution in [0, 0.1) is 6.92 Å². The van der Waals surface area contributed by atoms with E-state index in [2.05, 4.69) is 20.5 Å². The zero-order valence-electron chi connectivity index (χ0n) is 12.7. The second kappa shape index (κ2) is 6.62. The highest BCUT2D eigenvalue weighted by Gasteiger charge is 2.07. The number of carbonyl (C=O) groups excluding carboxylic acids is 1. The predicted molar refractivity (Wildman–Crippen MR) is 88.5 cm³/mol. The minimum atomic E-state index is -0.175. The van der Waals surface area contributed by atoms with Gasteiger partial charge in [-0.25, -0.2) is 0 Å². The van der Waals surface area contributed by atoms with Crippen molar-refractivity contribution < 1.29 is 4.79 Å². The van der Waals surface area contributed by atoms with E-state index in [1.807, 2.05) is 48.9 Å². The van der Waals surface area contributed by atoms with Crippen LogP contribution in [0.4, 0.5) is 5.69 Å². The van der Waals surface area contributed by atoms with Crippen LogP contribution >= 0.6 is 11.8 Å². The molecule has 23 heavy (non-hydrogen) atoms. The maximum Gasteiger partial charge on any atom is 0.257 e. The smallest absolute Gasteiger partial charge is 0.257 e. The van der Waals surface area contributed by atoms with Crippen molar-refractivity contribution in [2.24, 2.45) is 7.05 Å². The van der Waals surface area contributed by atoms with Crippen molar-refractivity contribution in [2.45, 2.75) is 17.0 Å². The Kier molecular flexibility index (Phi) is 4.38. The van der Waals surface area contributed by atoms with Gasteiger partial charge in [0.1, 0.15) is 6.33 Å². The molecular formula is C16H15N5OS. The number of aryl methyl sites for hydroxylation is 2. The van der Waals surface area contributed by atoms with Crippen molar-refractivity contribution >= 4 is 23.4 Å². The molecule has 6 nitrogen and oxygen atoms in total. The van der Waals surface area contributed by atoms with Crippen molar-refractivity contribution in [1.29, 1.82) is 0 Å². The number of anilines is 1. The molecule has 0 aliphatic heterocycles. The van der Waals surface area contributed by atoms with Gasteiger partial charge in [-0.15, -0.1) is 10.2 Å². The third-order valence-corrected chi connectivity index (χ3v) is 4.22. The SMILES string of the molecule is Cc1ccc(C(=O)Nc2ccc(Sc3nncn3C)cc2)cn1. The third kappa shape index (κ3) is 3.75. The Labute approximate surface area is 138 Å². The van der Waals surface area contributed by atoms with Crippen LogP contribution < -0.4 is 5.32 Å². The molecule has 2 aromatic heterocycles. The summed E-state index contributed by atoms with van der Waals surface area (Å²) >= 11 is 1.51. The first-order chi connectivity index (χ1) is 11.1. The van der Waals surface area contributed by atoms with E-state index in [0.29, 0.717) is 5.56 Å².